The number of rotatable bonds is 3. The Morgan fingerprint density at radius 1 is 0.778 bits per heavy atom. The molecule has 134 valence electrons. The van der Waals surface area contributed by atoms with E-state index in [0.29, 0.717) is 0 Å². The van der Waals surface area contributed by atoms with Gasteiger partial charge in [-0.05, 0) is 52.4 Å². The summed E-state index contributed by atoms with van der Waals surface area (Å²) in [5.41, 5.74) is 3.71. The molecule has 0 unspecified atom stereocenters. The summed E-state index contributed by atoms with van der Waals surface area (Å²) in [6.07, 6.45) is -2.36. The lowest BCUT2D eigenvalue weighted by molar-refractivity contribution is -0.137. The molecule has 0 N–H and O–H groups in total. The summed E-state index contributed by atoms with van der Waals surface area (Å²) in [6.45, 7) is 4.21. The lowest BCUT2D eigenvalue weighted by Gasteiger charge is -2.12. The highest BCUT2D eigenvalue weighted by atomic mass is 19.4. The van der Waals surface area contributed by atoms with E-state index in [4.69, 9.17) is 0 Å². The van der Waals surface area contributed by atoms with E-state index in [1.807, 2.05) is 65.4 Å². The van der Waals surface area contributed by atoms with Gasteiger partial charge in [0.2, 0.25) is 0 Å². The lowest BCUT2D eigenvalue weighted by atomic mass is 10.0. The topological polar surface area (TPSA) is 4.93 Å². The third kappa shape index (κ3) is 3.26. The number of alkyl halides is 3. The van der Waals surface area contributed by atoms with Crippen LogP contribution in [-0.2, 0) is 6.18 Å². The number of hydrogen-bond donors (Lipinski definition) is 0. The van der Waals surface area contributed by atoms with Crippen LogP contribution in [0.5, 0.6) is 0 Å². The maximum Gasteiger partial charge on any atom is 0.416 e. The number of para-hydroxylation sites is 1. The summed E-state index contributed by atoms with van der Waals surface area (Å²) in [6, 6.07) is 22.9. The number of halogens is 3. The number of fused-ring (bicyclic) bond motifs is 1. The molecule has 0 aliphatic rings. The number of nitrogens with zero attached hydrogens (tertiary/aromatic N) is 1. The van der Waals surface area contributed by atoms with Gasteiger partial charge in [0.15, 0.2) is 0 Å². The first kappa shape index (κ1) is 17.2. The SMILES string of the molecule is C=C(c1cccc(-c2ccc(C(F)(F)F)cc2)c1)n1ccc2ccccc21. The zero-order chi connectivity index (χ0) is 19.0. The Morgan fingerprint density at radius 2 is 1.52 bits per heavy atom. The van der Waals surface area contributed by atoms with Crippen molar-refractivity contribution in [2.24, 2.45) is 0 Å². The fourth-order valence-electron chi connectivity index (χ4n) is 3.19. The number of aromatic nitrogens is 1. The van der Waals surface area contributed by atoms with Crippen LogP contribution in [0.25, 0.3) is 27.7 Å². The van der Waals surface area contributed by atoms with Gasteiger partial charge in [0.25, 0.3) is 0 Å². The van der Waals surface area contributed by atoms with Gasteiger partial charge < -0.3 is 4.57 Å². The summed E-state index contributed by atoms with van der Waals surface area (Å²) in [7, 11) is 0. The van der Waals surface area contributed by atoms with E-state index in [0.717, 1.165) is 45.4 Å². The molecule has 0 atom stereocenters. The van der Waals surface area contributed by atoms with E-state index < -0.39 is 11.7 Å². The van der Waals surface area contributed by atoms with Gasteiger partial charge in [-0.25, -0.2) is 0 Å². The van der Waals surface area contributed by atoms with E-state index in [2.05, 4.69) is 6.58 Å². The Labute approximate surface area is 155 Å². The molecule has 0 saturated carbocycles. The summed E-state index contributed by atoms with van der Waals surface area (Å²) in [5.74, 6) is 0. The molecule has 4 aromatic rings. The van der Waals surface area contributed by atoms with E-state index in [-0.39, 0.29) is 0 Å². The van der Waals surface area contributed by atoms with Crippen LogP contribution in [-0.4, -0.2) is 4.57 Å². The molecule has 27 heavy (non-hydrogen) atoms. The normalized spacial score (nSPS) is 11.7. The van der Waals surface area contributed by atoms with Crippen molar-refractivity contribution in [1.29, 1.82) is 0 Å². The number of hydrogen-bond acceptors (Lipinski definition) is 0. The lowest BCUT2D eigenvalue weighted by Crippen LogP contribution is -2.04. The first-order chi connectivity index (χ1) is 12.9. The molecular weight excluding hydrogens is 347 g/mol. The van der Waals surface area contributed by atoms with E-state index in [1.54, 1.807) is 0 Å². The average Bonchev–Trinajstić information content (AvgIpc) is 3.11. The predicted molar refractivity (Wildman–Crippen MR) is 103 cm³/mol. The van der Waals surface area contributed by atoms with E-state index in [9.17, 15) is 13.2 Å². The second-order valence-corrected chi connectivity index (χ2v) is 6.35. The minimum absolute atomic E-state index is 0.648. The molecule has 1 nitrogen and oxygen atoms in total. The third-order valence-electron chi connectivity index (χ3n) is 4.63. The van der Waals surface area contributed by atoms with Gasteiger partial charge in [-0.1, -0.05) is 55.1 Å². The fourth-order valence-corrected chi connectivity index (χ4v) is 3.19. The first-order valence-electron chi connectivity index (χ1n) is 8.47. The van der Waals surface area contributed by atoms with Gasteiger partial charge in [0.1, 0.15) is 0 Å². The molecule has 0 fully saturated rings. The van der Waals surface area contributed by atoms with Crippen molar-refractivity contribution in [3.8, 4) is 11.1 Å². The molecule has 1 aromatic heterocycles. The highest BCUT2D eigenvalue weighted by Crippen LogP contribution is 2.32. The van der Waals surface area contributed by atoms with Gasteiger partial charge >= 0.3 is 6.18 Å². The van der Waals surface area contributed by atoms with E-state index >= 15 is 0 Å². The zero-order valence-corrected chi connectivity index (χ0v) is 14.4. The molecule has 0 aliphatic carbocycles. The van der Waals surface area contributed by atoms with Crippen molar-refractivity contribution in [2.75, 3.05) is 0 Å². The molecule has 0 aliphatic heterocycles. The first-order valence-corrected chi connectivity index (χ1v) is 8.47. The monoisotopic (exact) mass is 363 g/mol. The Morgan fingerprint density at radius 3 is 2.26 bits per heavy atom. The summed E-state index contributed by atoms with van der Waals surface area (Å²) >= 11 is 0. The molecule has 0 radical (unpaired) electrons. The predicted octanol–water partition coefficient (Wildman–Crippen LogP) is 6.85. The van der Waals surface area contributed by atoms with Crippen LogP contribution in [0.3, 0.4) is 0 Å². The highest BCUT2D eigenvalue weighted by Gasteiger charge is 2.29. The van der Waals surface area contributed by atoms with Crippen LogP contribution < -0.4 is 0 Å². The van der Waals surface area contributed by atoms with Crippen LogP contribution >= 0.6 is 0 Å². The Kier molecular flexibility index (Phi) is 4.11. The largest absolute Gasteiger partial charge is 0.416 e. The smallest absolute Gasteiger partial charge is 0.317 e. The van der Waals surface area contributed by atoms with Crippen molar-refractivity contribution < 1.29 is 13.2 Å². The highest BCUT2D eigenvalue weighted by molar-refractivity contribution is 5.86. The van der Waals surface area contributed by atoms with Gasteiger partial charge in [-0.15, -0.1) is 0 Å². The summed E-state index contributed by atoms with van der Waals surface area (Å²) in [5, 5.41) is 1.12. The third-order valence-corrected chi connectivity index (χ3v) is 4.63. The second-order valence-electron chi connectivity index (χ2n) is 6.35. The zero-order valence-electron chi connectivity index (χ0n) is 14.4. The maximum absolute atomic E-state index is 12.8. The van der Waals surface area contributed by atoms with Gasteiger partial charge in [0.05, 0.1) is 11.1 Å². The average molecular weight is 363 g/mol. The molecule has 0 spiro atoms. The maximum atomic E-state index is 12.8. The van der Waals surface area contributed by atoms with Gasteiger partial charge in [0, 0.05) is 11.9 Å². The minimum Gasteiger partial charge on any atom is -0.317 e. The Balaban J connectivity index is 1.69. The molecule has 4 rings (SSSR count). The van der Waals surface area contributed by atoms with E-state index in [1.165, 1.54) is 12.1 Å². The van der Waals surface area contributed by atoms with Crippen molar-refractivity contribution >= 4 is 16.6 Å². The van der Waals surface area contributed by atoms with Crippen molar-refractivity contribution in [3.05, 3.63) is 103 Å². The van der Waals surface area contributed by atoms with Gasteiger partial charge in [-0.3, -0.25) is 0 Å². The number of benzene rings is 3. The van der Waals surface area contributed by atoms with Crippen LogP contribution in [0.2, 0.25) is 0 Å². The second kappa shape index (κ2) is 6.47. The molecule has 0 saturated heterocycles. The molecule has 3 aromatic carbocycles. The molecule has 4 heteroatoms. The van der Waals surface area contributed by atoms with Crippen molar-refractivity contribution in [2.45, 2.75) is 6.18 Å². The van der Waals surface area contributed by atoms with Crippen molar-refractivity contribution in [3.63, 3.8) is 0 Å². The quantitative estimate of drug-likeness (QED) is 0.375. The van der Waals surface area contributed by atoms with Crippen LogP contribution in [0.15, 0.2) is 91.6 Å². The van der Waals surface area contributed by atoms with Crippen molar-refractivity contribution in [1.82, 2.24) is 4.57 Å². The molecule has 1 heterocycles. The molecular formula is C23H16F3N. The summed E-state index contributed by atoms with van der Waals surface area (Å²) < 4.78 is 40.3. The molecule has 0 amide bonds. The van der Waals surface area contributed by atoms with Gasteiger partial charge in [-0.2, -0.15) is 13.2 Å². The summed E-state index contributed by atoms with van der Waals surface area (Å²) in [4.78, 5) is 0. The molecule has 0 bridgehead atoms. The fraction of sp³-hybridized carbons (Fsp3) is 0.0435. The standard InChI is InChI=1S/C23H16F3N/c1-16(27-14-13-18-5-2-3-8-22(18)27)19-6-4-7-20(15-19)17-9-11-21(12-10-17)23(24,25)26/h2-15H,1H2. The Hall–Kier alpha value is -3.27. The minimum atomic E-state index is -4.33. The van der Waals surface area contributed by atoms with Crippen LogP contribution in [0.1, 0.15) is 11.1 Å². The Bertz CT molecular complexity index is 1120. The van der Waals surface area contributed by atoms with Crippen LogP contribution in [0.4, 0.5) is 13.2 Å². The van der Waals surface area contributed by atoms with Crippen LogP contribution in [0, 0.1) is 0 Å².